The zero-order chi connectivity index (χ0) is 13.2. The summed E-state index contributed by atoms with van der Waals surface area (Å²) in [5.74, 6) is 1.77. The molecule has 5 heteroatoms. The summed E-state index contributed by atoms with van der Waals surface area (Å²) in [5.41, 5.74) is 8.82. The molecule has 0 bridgehead atoms. The summed E-state index contributed by atoms with van der Waals surface area (Å²) in [4.78, 5) is 4.23. The molecule has 0 atom stereocenters. The number of pyridine rings is 1. The van der Waals surface area contributed by atoms with E-state index in [2.05, 4.69) is 38.4 Å². The van der Waals surface area contributed by atoms with Crippen molar-refractivity contribution in [2.75, 3.05) is 17.7 Å². The number of rotatable bonds is 3. The molecule has 19 heavy (non-hydrogen) atoms. The molecule has 1 aliphatic rings. The highest BCUT2D eigenvalue weighted by Gasteiger charge is 2.17. The van der Waals surface area contributed by atoms with Crippen LogP contribution in [0.4, 0.5) is 11.5 Å². The number of nitrogen functional groups attached to an aromatic ring is 1. The Morgan fingerprint density at radius 1 is 1.37 bits per heavy atom. The van der Waals surface area contributed by atoms with Crippen LogP contribution in [0.2, 0.25) is 0 Å². The lowest BCUT2D eigenvalue weighted by Gasteiger charge is -2.11. The van der Waals surface area contributed by atoms with Crippen LogP contribution in [-0.4, -0.2) is 11.6 Å². The summed E-state index contributed by atoms with van der Waals surface area (Å²) < 4.78 is 6.77. The van der Waals surface area contributed by atoms with Crippen molar-refractivity contribution in [2.24, 2.45) is 0 Å². The van der Waals surface area contributed by atoms with Gasteiger partial charge < -0.3 is 15.8 Å². The van der Waals surface area contributed by atoms with Gasteiger partial charge in [-0.1, -0.05) is 15.9 Å². The largest absolute Gasteiger partial charge is 0.493 e. The van der Waals surface area contributed by atoms with Gasteiger partial charge in [0, 0.05) is 41.0 Å². The van der Waals surface area contributed by atoms with Crippen LogP contribution >= 0.6 is 15.9 Å². The van der Waals surface area contributed by atoms with Gasteiger partial charge in [0.15, 0.2) is 0 Å². The second-order valence-electron chi connectivity index (χ2n) is 4.48. The van der Waals surface area contributed by atoms with E-state index in [1.165, 1.54) is 5.56 Å². The summed E-state index contributed by atoms with van der Waals surface area (Å²) in [6, 6.07) is 7.78. The summed E-state index contributed by atoms with van der Waals surface area (Å²) >= 11 is 3.53. The van der Waals surface area contributed by atoms with Crippen LogP contribution in [0.5, 0.6) is 5.75 Å². The molecule has 0 unspecified atom stereocenters. The Hall–Kier alpha value is -1.75. The van der Waals surface area contributed by atoms with Gasteiger partial charge in [-0.05, 0) is 23.8 Å². The SMILES string of the molecule is Nc1ccnc(NCc2cc(Br)cc3c2OCC3)c1. The lowest BCUT2D eigenvalue weighted by molar-refractivity contribution is 0.354. The molecule has 0 saturated carbocycles. The van der Waals surface area contributed by atoms with E-state index in [0.29, 0.717) is 12.2 Å². The number of anilines is 2. The first-order valence-electron chi connectivity index (χ1n) is 6.12. The monoisotopic (exact) mass is 319 g/mol. The van der Waals surface area contributed by atoms with Gasteiger partial charge in [0.2, 0.25) is 0 Å². The highest BCUT2D eigenvalue weighted by molar-refractivity contribution is 9.10. The van der Waals surface area contributed by atoms with Crippen molar-refractivity contribution >= 4 is 27.4 Å². The third kappa shape index (κ3) is 2.66. The number of halogens is 1. The molecule has 1 aliphatic heterocycles. The van der Waals surface area contributed by atoms with Gasteiger partial charge in [0.05, 0.1) is 6.61 Å². The van der Waals surface area contributed by atoms with Gasteiger partial charge in [-0.15, -0.1) is 0 Å². The van der Waals surface area contributed by atoms with Crippen molar-refractivity contribution in [3.05, 3.63) is 46.1 Å². The second kappa shape index (κ2) is 5.09. The Bertz CT molecular complexity index is 616. The quantitative estimate of drug-likeness (QED) is 0.913. The molecule has 2 heterocycles. The summed E-state index contributed by atoms with van der Waals surface area (Å²) in [7, 11) is 0. The maximum atomic E-state index is 5.73. The Morgan fingerprint density at radius 3 is 3.11 bits per heavy atom. The molecular formula is C14H14BrN3O. The molecule has 1 aromatic carbocycles. The van der Waals surface area contributed by atoms with Gasteiger partial charge in [-0.25, -0.2) is 4.98 Å². The molecule has 0 radical (unpaired) electrons. The summed E-state index contributed by atoms with van der Waals surface area (Å²) in [6.45, 7) is 1.42. The Morgan fingerprint density at radius 2 is 2.26 bits per heavy atom. The highest BCUT2D eigenvalue weighted by atomic mass is 79.9. The zero-order valence-electron chi connectivity index (χ0n) is 10.3. The molecule has 98 valence electrons. The molecular weight excluding hydrogens is 306 g/mol. The first-order valence-corrected chi connectivity index (χ1v) is 6.91. The minimum absolute atomic E-state index is 0.665. The summed E-state index contributed by atoms with van der Waals surface area (Å²) in [6.07, 6.45) is 2.66. The van der Waals surface area contributed by atoms with Crippen LogP contribution in [0.3, 0.4) is 0 Å². The Balaban J connectivity index is 1.81. The van der Waals surface area contributed by atoms with Crippen LogP contribution in [0, 0.1) is 0 Å². The molecule has 1 aromatic heterocycles. The molecule has 0 aliphatic carbocycles. The minimum atomic E-state index is 0.665. The number of benzene rings is 1. The van der Waals surface area contributed by atoms with Gasteiger partial charge in [0.25, 0.3) is 0 Å². The van der Waals surface area contributed by atoms with E-state index in [4.69, 9.17) is 10.5 Å². The Labute approximate surface area is 120 Å². The minimum Gasteiger partial charge on any atom is -0.493 e. The topological polar surface area (TPSA) is 60.2 Å². The Kier molecular flexibility index (Phi) is 3.29. The normalized spacial score (nSPS) is 12.9. The van der Waals surface area contributed by atoms with Crippen LogP contribution < -0.4 is 15.8 Å². The highest BCUT2D eigenvalue weighted by Crippen LogP contribution is 2.33. The molecule has 0 spiro atoms. The van der Waals surface area contributed by atoms with Gasteiger partial charge in [-0.3, -0.25) is 0 Å². The number of nitrogens with one attached hydrogen (secondary N) is 1. The van der Waals surface area contributed by atoms with Gasteiger partial charge in [-0.2, -0.15) is 0 Å². The van der Waals surface area contributed by atoms with E-state index in [1.54, 1.807) is 12.3 Å². The van der Waals surface area contributed by atoms with E-state index in [0.717, 1.165) is 34.6 Å². The van der Waals surface area contributed by atoms with Crippen molar-refractivity contribution in [3.63, 3.8) is 0 Å². The number of hydrogen-bond acceptors (Lipinski definition) is 4. The molecule has 3 N–H and O–H groups in total. The zero-order valence-corrected chi connectivity index (χ0v) is 11.9. The van der Waals surface area contributed by atoms with E-state index in [1.807, 2.05) is 6.07 Å². The van der Waals surface area contributed by atoms with E-state index in [9.17, 15) is 0 Å². The number of ether oxygens (including phenoxy) is 1. The summed E-state index contributed by atoms with van der Waals surface area (Å²) in [5, 5.41) is 3.27. The third-order valence-corrected chi connectivity index (χ3v) is 3.53. The first kappa shape index (κ1) is 12.3. The van der Waals surface area contributed by atoms with Crippen molar-refractivity contribution in [1.82, 2.24) is 4.98 Å². The van der Waals surface area contributed by atoms with Crippen molar-refractivity contribution < 1.29 is 4.74 Å². The van der Waals surface area contributed by atoms with Crippen molar-refractivity contribution in [3.8, 4) is 5.75 Å². The number of nitrogens with two attached hydrogens (primary N) is 1. The predicted octanol–water partition coefficient (Wildman–Crippen LogP) is 2.97. The number of hydrogen-bond donors (Lipinski definition) is 2. The molecule has 0 saturated heterocycles. The smallest absolute Gasteiger partial charge is 0.128 e. The standard InChI is InChI=1S/C14H14BrN3O/c15-11-5-9-2-4-19-14(9)10(6-11)8-18-13-7-12(16)1-3-17-13/h1,3,5-7H,2,4,8H2,(H3,16,17,18). The molecule has 0 amide bonds. The van der Waals surface area contributed by atoms with Crippen LogP contribution in [0.1, 0.15) is 11.1 Å². The van der Waals surface area contributed by atoms with Gasteiger partial charge in [0.1, 0.15) is 11.6 Å². The second-order valence-corrected chi connectivity index (χ2v) is 5.40. The fourth-order valence-electron chi connectivity index (χ4n) is 2.21. The number of fused-ring (bicyclic) bond motifs is 1. The predicted molar refractivity (Wildman–Crippen MR) is 79.3 cm³/mol. The lowest BCUT2D eigenvalue weighted by Crippen LogP contribution is -2.03. The average molecular weight is 320 g/mol. The van der Waals surface area contributed by atoms with Crippen molar-refractivity contribution in [2.45, 2.75) is 13.0 Å². The van der Waals surface area contributed by atoms with Crippen molar-refractivity contribution in [1.29, 1.82) is 0 Å². The van der Waals surface area contributed by atoms with Gasteiger partial charge >= 0.3 is 0 Å². The van der Waals surface area contributed by atoms with Crippen LogP contribution in [0.25, 0.3) is 0 Å². The number of aromatic nitrogens is 1. The van der Waals surface area contributed by atoms with E-state index < -0.39 is 0 Å². The van der Waals surface area contributed by atoms with Crippen LogP contribution in [0.15, 0.2) is 34.9 Å². The van der Waals surface area contributed by atoms with Crippen LogP contribution in [-0.2, 0) is 13.0 Å². The van der Waals surface area contributed by atoms with E-state index in [-0.39, 0.29) is 0 Å². The maximum absolute atomic E-state index is 5.73. The average Bonchev–Trinajstić information content (AvgIpc) is 2.84. The maximum Gasteiger partial charge on any atom is 0.128 e. The molecule has 4 nitrogen and oxygen atoms in total. The fourth-order valence-corrected chi connectivity index (χ4v) is 2.76. The third-order valence-electron chi connectivity index (χ3n) is 3.07. The number of nitrogens with zero attached hydrogens (tertiary/aromatic N) is 1. The molecule has 0 fully saturated rings. The molecule has 2 aromatic rings. The lowest BCUT2D eigenvalue weighted by atomic mass is 10.1. The van der Waals surface area contributed by atoms with E-state index >= 15 is 0 Å². The molecule has 3 rings (SSSR count). The first-order chi connectivity index (χ1) is 9.22. The fraction of sp³-hybridized carbons (Fsp3) is 0.214.